The van der Waals surface area contributed by atoms with E-state index in [1.54, 1.807) is 16.9 Å². The average Bonchev–Trinajstić information content (AvgIpc) is 3.10. The molecule has 0 atom stereocenters. The molecule has 3 rings (SSSR count). The van der Waals surface area contributed by atoms with Crippen LogP contribution >= 0.6 is 0 Å². The normalized spacial score (nSPS) is 11.5. The van der Waals surface area contributed by atoms with Crippen LogP contribution in [-0.4, -0.2) is 30.9 Å². The summed E-state index contributed by atoms with van der Waals surface area (Å²) < 4.78 is 28.4. The van der Waals surface area contributed by atoms with Crippen LogP contribution in [0.5, 0.6) is 0 Å². The van der Waals surface area contributed by atoms with Gasteiger partial charge in [0.05, 0.1) is 16.1 Å². The van der Waals surface area contributed by atoms with Gasteiger partial charge in [-0.15, -0.1) is 0 Å². The van der Waals surface area contributed by atoms with Crippen molar-refractivity contribution in [3.05, 3.63) is 40.6 Å². The molecule has 0 amide bonds. The Balaban J connectivity index is 2.26. The molecular weight excluding hydrogens is 308 g/mol. The highest BCUT2D eigenvalue weighted by atomic mass is 19.3. The molecule has 2 heterocycles. The van der Waals surface area contributed by atoms with E-state index in [-0.39, 0.29) is 5.69 Å². The largest absolute Gasteiger partial charge is 0.270 e. The molecule has 7 nitrogen and oxygen atoms in total. The fourth-order valence-electron chi connectivity index (χ4n) is 2.53. The number of nitro benzene ring substituents is 1. The number of aryl methyl sites for hydroxylation is 1. The first-order valence-corrected chi connectivity index (χ1v) is 6.96. The van der Waals surface area contributed by atoms with Crippen molar-refractivity contribution >= 4 is 16.6 Å². The van der Waals surface area contributed by atoms with E-state index < -0.39 is 17.9 Å². The van der Waals surface area contributed by atoms with Crippen LogP contribution in [0.15, 0.2) is 30.5 Å². The average molecular weight is 321 g/mol. The molecule has 0 saturated carbocycles. The number of alkyl halides is 2. The molecule has 0 unspecified atom stereocenters. The maximum absolute atomic E-state index is 12.8. The van der Waals surface area contributed by atoms with Gasteiger partial charge in [-0.1, -0.05) is 0 Å². The summed E-state index contributed by atoms with van der Waals surface area (Å²) in [5.41, 5.74) is 1.35. The van der Waals surface area contributed by atoms with Crippen LogP contribution < -0.4 is 0 Å². The minimum Gasteiger partial charge on any atom is -0.263 e. The summed E-state index contributed by atoms with van der Waals surface area (Å²) in [7, 11) is 0. The molecular formula is C14H13F2N5O2. The summed E-state index contributed by atoms with van der Waals surface area (Å²) in [6.45, 7) is 1.88. The summed E-state index contributed by atoms with van der Waals surface area (Å²) in [5.74, 6) is 0. The molecule has 0 aliphatic heterocycles. The van der Waals surface area contributed by atoms with Gasteiger partial charge in [0.25, 0.3) is 12.1 Å². The number of rotatable bonds is 5. The van der Waals surface area contributed by atoms with Crippen molar-refractivity contribution in [2.75, 3.05) is 0 Å². The van der Waals surface area contributed by atoms with Crippen molar-refractivity contribution in [2.24, 2.45) is 0 Å². The van der Waals surface area contributed by atoms with Crippen molar-refractivity contribution in [2.45, 2.75) is 26.4 Å². The lowest BCUT2D eigenvalue weighted by Gasteiger charge is -2.02. The van der Waals surface area contributed by atoms with Crippen molar-refractivity contribution < 1.29 is 13.7 Å². The maximum atomic E-state index is 12.8. The quantitative estimate of drug-likeness (QED) is 0.534. The molecule has 0 aliphatic carbocycles. The number of nitro groups is 1. The van der Waals surface area contributed by atoms with Crippen LogP contribution in [0.4, 0.5) is 14.5 Å². The number of aromatic nitrogens is 4. The van der Waals surface area contributed by atoms with E-state index >= 15 is 0 Å². The number of non-ortho nitro benzene ring substituents is 1. The highest BCUT2D eigenvalue weighted by Gasteiger charge is 2.20. The summed E-state index contributed by atoms with van der Waals surface area (Å²) >= 11 is 0. The number of benzene rings is 1. The van der Waals surface area contributed by atoms with Gasteiger partial charge in [-0.2, -0.15) is 10.2 Å². The minimum atomic E-state index is -2.57. The zero-order chi connectivity index (χ0) is 16.6. The number of fused-ring (bicyclic) bond motifs is 1. The lowest BCUT2D eigenvalue weighted by molar-refractivity contribution is -0.384. The third kappa shape index (κ3) is 2.65. The third-order valence-electron chi connectivity index (χ3n) is 3.51. The Morgan fingerprint density at radius 2 is 2.09 bits per heavy atom. The first kappa shape index (κ1) is 15.1. The Bertz CT molecular complexity index is 871. The van der Waals surface area contributed by atoms with Crippen LogP contribution in [0.1, 0.15) is 6.92 Å². The molecule has 9 heteroatoms. The van der Waals surface area contributed by atoms with Crippen LogP contribution in [-0.2, 0) is 13.1 Å². The van der Waals surface area contributed by atoms with Gasteiger partial charge in [-0.05, 0) is 19.1 Å². The van der Waals surface area contributed by atoms with Gasteiger partial charge in [0.1, 0.15) is 12.2 Å². The van der Waals surface area contributed by atoms with Crippen molar-refractivity contribution in [1.82, 2.24) is 19.6 Å². The number of hydrogen-bond acceptors (Lipinski definition) is 4. The van der Waals surface area contributed by atoms with Crippen molar-refractivity contribution in [3.63, 3.8) is 0 Å². The fourth-order valence-corrected chi connectivity index (χ4v) is 2.53. The zero-order valence-electron chi connectivity index (χ0n) is 12.2. The van der Waals surface area contributed by atoms with E-state index in [1.807, 2.05) is 6.92 Å². The molecule has 0 bridgehead atoms. The molecule has 0 spiro atoms. The second kappa shape index (κ2) is 5.75. The van der Waals surface area contributed by atoms with Crippen LogP contribution in [0.3, 0.4) is 0 Å². The lowest BCUT2D eigenvalue weighted by atomic mass is 10.1. The second-order valence-corrected chi connectivity index (χ2v) is 4.91. The Labute approximate surface area is 129 Å². The first-order chi connectivity index (χ1) is 11.0. The molecule has 0 fully saturated rings. The Morgan fingerprint density at radius 3 is 2.74 bits per heavy atom. The molecule has 120 valence electrons. The smallest absolute Gasteiger partial charge is 0.263 e. The topological polar surface area (TPSA) is 78.8 Å². The SMILES string of the molecule is CCn1nccc1-c1nn(CC(F)F)c2ccc([N+](=O)[O-])cc12. The third-order valence-corrected chi connectivity index (χ3v) is 3.51. The molecule has 0 saturated heterocycles. The fraction of sp³-hybridized carbons (Fsp3) is 0.286. The highest BCUT2D eigenvalue weighted by Crippen LogP contribution is 2.31. The number of nitrogens with zero attached hydrogens (tertiary/aromatic N) is 5. The molecule has 3 aromatic rings. The maximum Gasteiger partial charge on any atom is 0.270 e. The van der Waals surface area contributed by atoms with E-state index in [0.717, 1.165) is 0 Å². The second-order valence-electron chi connectivity index (χ2n) is 4.91. The molecule has 0 N–H and O–H groups in total. The molecule has 0 aliphatic rings. The monoisotopic (exact) mass is 321 g/mol. The minimum absolute atomic E-state index is 0.113. The van der Waals surface area contributed by atoms with E-state index in [1.165, 1.54) is 22.9 Å². The van der Waals surface area contributed by atoms with Crippen molar-refractivity contribution in [1.29, 1.82) is 0 Å². The van der Waals surface area contributed by atoms with E-state index in [2.05, 4.69) is 10.2 Å². The zero-order valence-corrected chi connectivity index (χ0v) is 12.2. The van der Waals surface area contributed by atoms with Crippen LogP contribution in [0.2, 0.25) is 0 Å². The van der Waals surface area contributed by atoms with Gasteiger partial charge in [0.15, 0.2) is 0 Å². The summed E-state index contributed by atoms with van der Waals surface area (Å²) in [6, 6.07) is 5.79. The summed E-state index contributed by atoms with van der Waals surface area (Å²) in [5, 5.41) is 19.8. The molecule has 2 aromatic heterocycles. The predicted octanol–water partition coefficient (Wildman–Crippen LogP) is 3.09. The van der Waals surface area contributed by atoms with E-state index in [4.69, 9.17) is 0 Å². The van der Waals surface area contributed by atoms with Gasteiger partial charge in [-0.25, -0.2) is 8.78 Å². The lowest BCUT2D eigenvalue weighted by Crippen LogP contribution is -2.08. The van der Waals surface area contributed by atoms with Crippen LogP contribution in [0.25, 0.3) is 22.3 Å². The predicted molar refractivity (Wildman–Crippen MR) is 79.3 cm³/mol. The Kier molecular flexibility index (Phi) is 3.77. The standard InChI is InChI=1S/C14H13F2N5O2/c1-2-19-12(5-6-17-19)14-10-7-9(21(22)23)3-4-11(10)20(18-14)8-13(15)16/h3-7,13H,2,8H2,1H3. The van der Waals surface area contributed by atoms with Crippen LogP contribution in [0, 0.1) is 10.1 Å². The van der Waals surface area contributed by atoms with Gasteiger partial charge in [0.2, 0.25) is 0 Å². The molecule has 1 aromatic carbocycles. The number of hydrogen-bond donors (Lipinski definition) is 0. The van der Waals surface area contributed by atoms with Gasteiger partial charge in [-0.3, -0.25) is 19.5 Å². The summed E-state index contributed by atoms with van der Waals surface area (Å²) in [4.78, 5) is 10.5. The Morgan fingerprint density at radius 1 is 1.30 bits per heavy atom. The highest BCUT2D eigenvalue weighted by molar-refractivity contribution is 5.94. The van der Waals surface area contributed by atoms with Crippen molar-refractivity contribution in [3.8, 4) is 11.4 Å². The van der Waals surface area contributed by atoms with E-state index in [9.17, 15) is 18.9 Å². The molecule has 23 heavy (non-hydrogen) atoms. The Hall–Kier alpha value is -2.84. The van der Waals surface area contributed by atoms with E-state index in [0.29, 0.717) is 28.8 Å². The first-order valence-electron chi connectivity index (χ1n) is 6.96. The summed E-state index contributed by atoms with van der Waals surface area (Å²) in [6.07, 6.45) is -0.994. The van der Waals surface area contributed by atoms with Gasteiger partial charge >= 0.3 is 0 Å². The van der Waals surface area contributed by atoms with Gasteiger partial charge < -0.3 is 0 Å². The van der Waals surface area contributed by atoms with Gasteiger partial charge in [0, 0.05) is 30.3 Å². The number of halogens is 2. The molecule has 0 radical (unpaired) electrons.